The summed E-state index contributed by atoms with van der Waals surface area (Å²) in [4.78, 5) is 32.9. The fourth-order valence-electron chi connectivity index (χ4n) is 1.34. The molecule has 0 spiro atoms. The first-order valence-corrected chi connectivity index (χ1v) is 6.13. The fourth-order valence-corrected chi connectivity index (χ4v) is 1.90. The van der Waals surface area contributed by atoms with Crippen molar-refractivity contribution in [1.82, 2.24) is 5.32 Å². The number of carboxylic acid groups (broad SMARTS) is 2. The maximum atomic E-state index is 13.0. The normalized spacial score (nSPS) is 11.6. The zero-order valence-electron chi connectivity index (χ0n) is 10.2. The second-order valence-electron chi connectivity index (χ2n) is 3.83. The lowest BCUT2D eigenvalue weighted by molar-refractivity contribution is -0.145. The Hall–Kier alpha value is -2.06. The Morgan fingerprint density at radius 2 is 1.71 bits per heavy atom. The first-order valence-electron chi connectivity index (χ1n) is 5.37. The van der Waals surface area contributed by atoms with Crippen molar-refractivity contribution in [2.24, 2.45) is 0 Å². The molecule has 0 aromatic heterocycles. The lowest BCUT2D eigenvalue weighted by atomic mass is 10.2. The molecule has 0 saturated heterocycles. The third-order valence-corrected chi connectivity index (χ3v) is 2.82. The lowest BCUT2D eigenvalue weighted by Gasteiger charge is -2.14. The van der Waals surface area contributed by atoms with Gasteiger partial charge in [0.15, 0.2) is 0 Å². The van der Waals surface area contributed by atoms with Crippen LogP contribution in [0.25, 0.3) is 0 Å². The van der Waals surface area contributed by atoms with Crippen LogP contribution in [0.2, 0.25) is 10.0 Å². The maximum Gasteiger partial charge on any atom is 0.326 e. The van der Waals surface area contributed by atoms with E-state index in [9.17, 15) is 18.8 Å². The van der Waals surface area contributed by atoms with E-state index in [1.54, 1.807) is 0 Å². The third kappa shape index (κ3) is 5.09. The Bertz CT molecular complexity index is 573. The number of carbonyl (C=O) groups is 3. The summed E-state index contributed by atoms with van der Waals surface area (Å²) in [6.07, 6.45) is -0.812. The zero-order valence-corrected chi connectivity index (χ0v) is 11.7. The molecule has 0 aliphatic carbocycles. The molecule has 0 aliphatic heterocycles. The predicted molar refractivity (Wildman–Crippen MR) is 72.3 cm³/mol. The topological polar surface area (TPSA) is 116 Å². The van der Waals surface area contributed by atoms with E-state index in [0.717, 1.165) is 12.1 Å². The second kappa shape index (κ2) is 7.09. The molecule has 21 heavy (non-hydrogen) atoms. The quantitative estimate of drug-likeness (QED) is 0.656. The average Bonchev–Trinajstić information content (AvgIpc) is 2.32. The summed E-state index contributed by atoms with van der Waals surface area (Å²) in [7, 11) is 0. The first-order chi connectivity index (χ1) is 9.70. The van der Waals surface area contributed by atoms with E-state index in [1.807, 2.05) is 5.32 Å². The van der Waals surface area contributed by atoms with Crippen LogP contribution >= 0.6 is 23.2 Å². The number of halogens is 3. The summed E-state index contributed by atoms with van der Waals surface area (Å²) in [5.74, 6) is -3.64. The number of carboxylic acids is 2. The van der Waals surface area contributed by atoms with Gasteiger partial charge in [-0.05, 0) is 12.1 Å². The number of urea groups is 1. The van der Waals surface area contributed by atoms with Gasteiger partial charge in [0.05, 0.1) is 22.2 Å². The Labute approximate surface area is 127 Å². The molecule has 0 radical (unpaired) electrons. The van der Waals surface area contributed by atoms with Crippen molar-refractivity contribution in [2.45, 2.75) is 12.5 Å². The minimum absolute atomic E-state index is 0.128. The molecule has 1 aromatic carbocycles. The number of nitrogens with one attached hydrogen (secondary N) is 2. The smallest absolute Gasteiger partial charge is 0.326 e. The van der Waals surface area contributed by atoms with E-state index in [0.29, 0.717) is 0 Å². The predicted octanol–water partition coefficient (Wildman–Crippen LogP) is 2.18. The van der Waals surface area contributed by atoms with Crippen LogP contribution in [0.3, 0.4) is 0 Å². The van der Waals surface area contributed by atoms with Gasteiger partial charge in [0.1, 0.15) is 11.9 Å². The number of anilines is 1. The van der Waals surface area contributed by atoms with Crippen molar-refractivity contribution in [2.75, 3.05) is 5.32 Å². The molecule has 114 valence electrons. The van der Waals surface area contributed by atoms with Crippen LogP contribution in [-0.4, -0.2) is 34.2 Å². The summed E-state index contributed by atoms with van der Waals surface area (Å²) in [5, 5.41) is 21.0. The third-order valence-electron chi connectivity index (χ3n) is 2.23. The van der Waals surface area contributed by atoms with Crippen molar-refractivity contribution >= 4 is 46.9 Å². The molecule has 1 atom stereocenters. The highest BCUT2D eigenvalue weighted by Crippen LogP contribution is 2.31. The summed E-state index contributed by atoms with van der Waals surface area (Å²) in [6, 6.07) is -0.885. The molecule has 1 rings (SSSR count). The minimum Gasteiger partial charge on any atom is -0.481 e. The number of carbonyl (C=O) groups excluding carboxylic acids is 1. The highest BCUT2D eigenvalue weighted by molar-refractivity contribution is 6.39. The zero-order chi connectivity index (χ0) is 16.2. The fraction of sp³-hybridized carbons (Fsp3) is 0.182. The largest absolute Gasteiger partial charge is 0.481 e. The van der Waals surface area contributed by atoms with E-state index < -0.39 is 36.2 Å². The number of hydrogen-bond donors (Lipinski definition) is 4. The molecule has 0 fully saturated rings. The van der Waals surface area contributed by atoms with E-state index >= 15 is 0 Å². The highest BCUT2D eigenvalue weighted by Gasteiger charge is 2.23. The second-order valence-corrected chi connectivity index (χ2v) is 4.65. The van der Waals surface area contributed by atoms with Crippen LogP contribution in [0.1, 0.15) is 6.42 Å². The minimum atomic E-state index is -1.64. The van der Waals surface area contributed by atoms with E-state index in [1.165, 1.54) is 0 Å². The molecule has 2 amide bonds. The highest BCUT2D eigenvalue weighted by atomic mass is 35.5. The lowest BCUT2D eigenvalue weighted by Crippen LogP contribution is -2.44. The molecule has 0 heterocycles. The van der Waals surface area contributed by atoms with Crippen LogP contribution in [0.15, 0.2) is 12.1 Å². The Morgan fingerprint density at radius 3 is 2.14 bits per heavy atom. The first kappa shape index (κ1) is 17.0. The van der Waals surface area contributed by atoms with Gasteiger partial charge in [-0.3, -0.25) is 4.79 Å². The van der Waals surface area contributed by atoms with E-state index in [-0.39, 0.29) is 15.7 Å². The molecular weight excluding hydrogens is 330 g/mol. The SMILES string of the molecule is O=C(O)C[C@@H](NC(=O)Nc1c(Cl)cc(F)cc1Cl)C(=O)O. The molecule has 4 N–H and O–H groups in total. The molecule has 0 aliphatic rings. The van der Waals surface area contributed by atoms with Crippen molar-refractivity contribution in [3.63, 3.8) is 0 Å². The molecule has 1 aromatic rings. The Balaban J connectivity index is 2.82. The van der Waals surface area contributed by atoms with Gasteiger partial charge >= 0.3 is 18.0 Å². The summed E-state index contributed by atoms with van der Waals surface area (Å²) < 4.78 is 13.0. The van der Waals surface area contributed by atoms with Gasteiger partial charge in [-0.2, -0.15) is 0 Å². The van der Waals surface area contributed by atoms with Gasteiger partial charge in [-0.25, -0.2) is 14.0 Å². The Kier molecular flexibility index (Phi) is 5.74. The number of aliphatic carboxylic acids is 2. The molecule has 0 saturated carbocycles. The van der Waals surface area contributed by atoms with Crippen molar-refractivity contribution in [1.29, 1.82) is 0 Å². The average molecular weight is 339 g/mol. The van der Waals surface area contributed by atoms with Gasteiger partial charge in [0.2, 0.25) is 0 Å². The van der Waals surface area contributed by atoms with Gasteiger partial charge in [-0.1, -0.05) is 23.2 Å². The molecule has 0 unspecified atom stereocenters. The van der Waals surface area contributed by atoms with Crippen molar-refractivity contribution < 1.29 is 29.0 Å². The number of amides is 2. The van der Waals surface area contributed by atoms with Crippen molar-refractivity contribution in [3.05, 3.63) is 28.0 Å². The summed E-state index contributed by atoms with van der Waals surface area (Å²) in [5.41, 5.74) is -0.128. The van der Waals surface area contributed by atoms with Crippen LogP contribution in [0.4, 0.5) is 14.9 Å². The van der Waals surface area contributed by atoms with Gasteiger partial charge in [0, 0.05) is 0 Å². The number of hydrogen-bond acceptors (Lipinski definition) is 3. The van der Waals surface area contributed by atoms with Gasteiger partial charge < -0.3 is 20.8 Å². The van der Waals surface area contributed by atoms with E-state index in [2.05, 4.69) is 5.32 Å². The molecule has 0 bridgehead atoms. The molecule has 10 heteroatoms. The summed E-state index contributed by atoms with van der Waals surface area (Å²) >= 11 is 11.4. The van der Waals surface area contributed by atoms with Crippen LogP contribution in [-0.2, 0) is 9.59 Å². The van der Waals surface area contributed by atoms with E-state index in [4.69, 9.17) is 33.4 Å². The van der Waals surface area contributed by atoms with Gasteiger partial charge in [-0.15, -0.1) is 0 Å². The number of rotatable bonds is 5. The molecule has 7 nitrogen and oxygen atoms in total. The molecular formula is C11H9Cl2FN2O5. The van der Waals surface area contributed by atoms with Crippen LogP contribution < -0.4 is 10.6 Å². The maximum absolute atomic E-state index is 13.0. The Morgan fingerprint density at radius 1 is 1.19 bits per heavy atom. The van der Waals surface area contributed by atoms with Crippen LogP contribution in [0, 0.1) is 5.82 Å². The number of benzene rings is 1. The van der Waals surface area contributed by atoms with Crippen LogP contribution in [0.5, 0.6) is 0 Å². The summed E-state index contributed by atoms with van der Waals surface area (Å²) in [6.45, 7) is 0. The van der Waals surface area contributed by atoms with Gasteiger partial charge in [0.25, 0.3) is 0 Å². The standard InChI is InChI=1S/C11H9Cl2FN2O5/c12-5-1-4(14)2-6(13)9(5)16-11(21)15-7(10(19)20)3-8(17)18/h1-2,7H,3H2,(H,17,18)(H,19,20)(H2,15,16,21)/t7-/m1/s1. The monoisotopic (exact) mass is 338 g/mol. The van der Waals surface area contributed by atoms with Crippen molar-refractivity contribution in [3.8, 4) is 0 Å².